The van der Waals surface area contributed by atoms with Crippen LogP contribution in [0.3, 0.4) is 0 Å². The van der Waals surface area contributed by atoms with Gasteiger partial charge in [-0.15, -0.1) is 0 Å². The summed E-state index contributed by atoms with van der Waals surface area (Å²) in [5.41, 5.74) is 0.718. The van der Waals surface area contributed by atoms with Crippen LogP contribution in [0.1, 0.15) is 0 Å². The van der Waals surface area contributed by atoms with Crippen LogP contribution in [0.4, 0.5) is 5.69 Å². The highest BCUT2D eigenvalue weighted by atomic mass is 79.9. The molecule has 0 aromatic heterocycles. The molecule has 18 heavy (non-hydrogen) atoms. The molecule has 0 unspecified atom stereocenters. The quantitative estimate of drug-likeness (QED) is 0.854. The zero-order chi connectivity index (χ0) is 13.5. The second-order valence-corrected chi connectivity index (χ2v) is 4.87. The van der Waals surface area contributed by atoms with E-state index in [0.717, 1.165) is 10.2 Å². The minimum absolute atomic E-state index is 0.0646. The molecule has 0 aliphatic heterocycles. The number of likely N-dealkylation sites (N-methyl/N-ethyl adjacent to an activating group) is 1. The molecule has 0 aliphatic rings. The molecule has 0 radical (unpaired) electrons. The summed E-state index contributed by atoms with van der Waals surface area (Å²) in [6.45, 7) is 0.255. The predicted molar refractivity (Wildman–Crippen MR) is 74.3 cm³/mol. The van der Waals surface area contributed by atoms with Crippen molar-refractivity contribution in [3.05, 3.63) is 28.7 Å². The summed E-state index contributed by atoms with van der Waals surface area (Å²) in [5, 5.41) is 5.52. The Bertz CT molecular complexity index is 435. The van der Waals surface area contributed by atoms with Crippen molar-refractivity contribution in [3.63, 3.8) is 0 Å². The van der Waals surface area contributed by atoms with Gasteiger partial charge in [-0.2, -0.15) is 0 Å². The van der Waals surface area contributed by atoms with Gasteiger partial charge in [0.15, 0.2) is 0 Å². The van der Waals surface area contributed by atoms with Crippen LogP contribution in [0.25, 0.3) is 0 Å². The van der Waals surface area contributed by atoms with Gasteiger partial charge in [0.1, 0.15) is 0 Å². The fourth-order valence-corrected chi connectivity index (χ4v) is 1.61. The smallest absolute Gasteiger partial charge is 0.238 e. The van der Waals surface area contributed by atoms with E-state index in [1.165, 1.54) is 4.90 Å². The third-order valence-electron chi connectivity index (χ3n) is 2.17. The maximum Gasteiger partial charge on any atom is 0.238 e. The maximum absolute atomic E-state index is 11.6. The molecule has 6 heteroatoms. The monoisotopic (exact) mass is 313 g/mol. The van der Waals surface area contributed by atoms with E-state index in [9.17, 15) is 9.59 Å². The SMILES string of the molecule is CN(C)C(=O)CNCC(=O)Nc1cccc(Br)c1. The van der Waals surface area contributed by atoms with Crippen LogP contribution < -0.4 is 10.6 Å². The Morgan fingerprint density at radius 2 is 2.00 bits per heavy atom. The number of nitrogens with one attached hydrogen (secondary N) is 2. The van der Waals surface area contributed by atoms with Gasteiger partial charge < -0.3 is 10.2 Å². The van der Waals surface area contributed by atoms with Crippen LogP contribution in [0.5, 0.6) is 0 Å². The Morgan fingerprint density at radius 3 is 2.61 bits per heavy atom. The highest BCUT2D eigenvalue weighted by Gasteiger charge is 2.06. The molecular weight excluding hydrogens is 298 g/mol. The number of benzene rings is 1. The molecular formula is C12H16BrN3O2. The van der Waals surface area contributed by atoms with Crippen LogP contribution in [0.2, 0.25) is 0 Å². The van der Waals surface area contributed by atoms with E-state index < -0.39 is 0 Å². The van der Waals surface area contributed by atoms with Gasteiger partial charge in [0.05, 0.1) is 13.1 Å². The van der Waals surface area contributed by atoms with Gasteiger partial charge in [-0.25, -0.2) is 0 Å². The lowest BCUT2D eigenvalue weighted by molar-refractivity contribution is -0.127. The van der Waals surface area contributed by atoms with Crippen LogP contribution in [-0.2, 0) is 9.59 Å². The Balaban J connectivity index is 2.32. The maximum atomic E-state index is 11.6. The van der Waals surface area contributed by atoms with Gasteiger partial charge >= 0.3 is 0 Å². The molecule has 0 saturated heterocycles. The highest BCUT2D eigenvalue weighted by Crippen LogP contribution is 2.15. The Labute approximate surface area is 115 Å². The molecule has 1 rings (SSSR count). The fraction of sp³-hybridized carbons (Fsp3) is 0.333. The average Bonchev–Trinajstić information content (AvgIpc) is 2.28. The first-order valence-corrected chi connectivity index (χ1v) is 6.24. The van der Waals surface area contributed by atoms with Gasteiger partial charge in [-0.3, -0.25) is 14.9 Å². The summed E-state index contributed by atoms with van der Waals surface area (Å²) in [7, 11) is 3.34. The molecule has 0 spiro atoms. The van der Waals surface area contributed by atoms with Crippen LogP contribution in [0, 0.1) is 0 Å². The topological polar surface area (TPSA) is 61.4 Å². The number of carbonyl (C=O) groups excluding carboxylic acids is 2. The van der Waals surface area contributed by atoms with E-state index in [2.05, 4.69) is 26.6 Å². The summed E-state index contributed by atoms with van der Waals surface area (Å²) in [5.74, 6) is -0.245. The van der Waals surface area contributed by atoms with E-state index in [-0.39, 0.29) is 24.9 Å². The van der Waals surface area contributed by atoms with Crippen molar-refractivity contribution in [2.45, 2.75) is 0 Å². The molecule has 98 valence electrons. The number of rotatable bonds is 5. The molecule has 0 aliphatic carbocycles. The number of nitrogens with zero attached hydrogens (tertiary/aromatic N) is 1. The number of hydrogen-bond donors (Lipinski definition) is 2. The Kier molecular flexibility index (Phi) is 5.80. The minimum atomic E-state index is -0.181. The largest absolute Gasteiger partial charge is 0.348 e. The molecule has 0 fully saturated rings. The molecule has 2 N–H and O–H groups in total. The molecule has 0 saturated carbocycles. The summed E-state index contributed by atoms with van der Waals surface area (Å²) >= 11 is 3.32. The second-order valence-electron chi connectivity index (χ2n) is 3.95. The summed E-state index contributed by atoms with van der Waals surface area (Å²) in [6.07, 6.45) is 0. The average molecular weight is 314 g/mol. The molecule has 5 nitrogen and oxygen atoms in total. The third-order valence-corrected chi connectivity index (χ3v) is 2.66. The van der Waals surface area contributed by atoms with Gasteiger partial charge in [0.25, 0.3) is 0 Å². The van der Waals surface area contributed by atoms with Crippen LogP contribution in [-0.4, -0.2) is 43.9 Å². The first-order chi connectivity index (χ1) is 8.49. The highest BCUT2D eigenvalue weighted by molar-refractivity contribution is 9.10. The number of amides is 2. The van der Waals surface area contributed by atoms with Crippen molar-refractivity contribution in [3.8, 4) is 0 Å². The van der Waals surface area contributed by atoms with E-state index in [1.807, 2.05) is 18.2 Å². The fourth-order valence-electron chi connectivity index (χ4n) is 1.21. The van der Waals surface area contributed by atoms with Crippen molar-refractivity contribution in [2.75, 3.05) is 32.5 Å². The van der Waals surface area contributed by atoms with Crippen LogP contribution >= 0.6 is 15.9 Å². The van der Waals surface area contributed by atoms with Gasteiger partial charge in [-0.1, -0.05) is 22.0 Å². The van der Waals surface area contributed by atoms with Gasteiger partial charge in [0.2, 0.25) is 11.8 Å². The number of carbonyl (C=O) groups is 2. The van der Waals surface area contributed by atoms with E-state index in [1.54, 1.807) is 20.2 Å². The lowest BCUT2D eigenvalue weighted by atomic mass is 10.3. The van der Waals surface area contributed by atoms with E-state index >= 15 is 0 Å². The number of hydrogen-bond acceptors (Lipinski definition) is 3. The first-order valence-electron chi connectivity index (χ1n) is 5.45. The van der Waals surface area contributed by atoms with Crippen molar-refractivity contribution < 1.29 is 9.59 Å². The Morgan fingerprint density at radius 1 is 1.28 bits per heavy atom. The predicted octanol–water partition coefficient (Wildman–Crippen LogP) is 1.07. The molecule has 1 aromatic rings. The standard InChI is InChI=1S/C12H16BrN3O2/c1-16(2)12(18)8-14-7-11(17)15-10-5-3-4-9(13)6-10/h3-6,14H,7-8H2,1-2H3,(H,15,17). The lowest BCUT2D eigenvalue weighted by Gasteiger charge is -2.11. The van der Waals surface area contributed by atoms with E-state index in [4.69, 9.17) is 0 Å². The lowest BCUT2D eigenvalue weighted by Crippen LogP contribution is -2.37. The van der Waals surface area contributed by atoms with Gasteiger partial charge in [-0.05, 0) is 18.2 Å². The van der Waals surface area contributed by atoms with Crippen LogP contribution in [0.15, 0.2) is 28.7 Å². The second kappa shape index (κ2) is 7.13. The first kappa shape index (κ1) is 14.7. The zero-order valence-electron chi connectivity index (χ0n) is 10.4. The van der Waals surface area contributed by atoms with Crippen molar-refractivity contribution in [1.82, 2.24) is 10.2 Å². The minimum Gasteiger partial charge on any atom is -0.348 e. The summed E-state index contributed by atoms with van der Waals surface area (Å²) in [4.78, 5) is 24.3. The number of anilines is 1. The molecule has 2 amide bonds. The summed E-state index contributed by atoms with van der Waals surface area (Å²) in [6, 6.07) is 7.32. The third kappa shape index (κ3) is 5.29. The van der Waals surface area contributed by atoms with Crippen molar-refractivity contribution in [1.29, 1.82) is 0 Å². The molecule has 0 bridgehead atoms. The van der Waals surface area contributed by atoms with Gasteiger partial charge in [0, 0.05) is 24.3 Å². The van der Waals surface area contributed by atoms with Crippen molar-refractivity contribution in [2.24, 2.45) is 0 Å². The molecule has 1 aromatic carbocycles. The molecule has 0 atom stereocenters. The summed E-state index contributed by atoms with van der Waals surface area (Å²) < 4.78 is 0.899. The zero-order valence-corrected chi connectivity index (χ0v) is 12.0. The van der Waals surface area contributed by atoms with E-state index in [0.29, 0.717) is 0 Å². The number of halogens is 1. The molecule has 0 heterocycles. The Hall–Kier alpha value is -1.40. The van der Waals surface area contributed by atoms with Crippen molar-refractivity contribution >= 4 is 33.4 Å². The normalized spacial score (nSPS) is 9.94.